The zero-order valence-electron chi connectivity index (χ0n) is 8.22. The fourth-order valence-electron chi connectivity index (χ4n) is 1.67. The Morgan fingerprint density at radius 2 is 2.23 bits per heavy atom. The smallest absolute Gasteiger partial charge is 0.228 e. The van der Waals surface area contributed by atoms with Crippen LogP contribution in [0, 0.1) is 5.92 Å². The third kappa shape index (κ3) is 2.29. The average Bonchev–Trinajstić information content (AvgIpc) is 2.03. The molecule has 0 saturated heterocycles. The highest BCUT2D eigenvalue weighted by molar-refractivity contribution is 5.79. The van der Waals surface area contributed by atoms with Crippen LogP contribution in [0.5, 0.6) is 0 Å². The van der Waals surface area contributed by atoms with Gasteiger partial charge < -0.3 is 4.90 Å². The minimum absolute atomic E-state index is 0.0972. The molecule has 74 valence electrons. The van der Waals surface area contributed by atoms with Crippen molar-refractivity contribution >= 4 is 5.91 Å². The van der Waals surface area contributed by atoms with Crippen LogP contribution >= 0.6 is 0 Å². The summed E-state index contributed by atoms with van der Waals surface area (Å²) in [6, 6.07) is 0. The summed E-state index contributed by atoms with van der Waals surface area (Å²) in [5.74, 6) is -0.541. The minimum atomic E-state index is -1.03. The normalized spacial score (nSPS) is 28.7. The van der Waals surface area contributed by atoms with Crippen LogP contribution in [0.1, 0.15) is 19.3 Å². The van der Waals surface area contributed by atoms with Crippen LogP contribution in [-0.4, -0.2) is 31.1 Å². The van der Waals surface area contributed by atoms with Crippen molar-refractivity contribution in [2.24, 2.45) is 5.92 Å². The fourth-order valence-corrected chi connectivity index (χ4v) is 1.67. The molecule has 2 unspecified atom stereocenters. The predicted molar refractivity (Wildman–Crippen MR) is 50.1 cm³/mol. The number of allylic oxidation sites excluding steroid dienone is 1. The summed E-state index contributed by atoms with van der Waals surface area (Å²) in [7, 11) is 3.33. The monoisotopic (exact) mass is 185 g/mol. The first-order chi connectivity index (χ1) is 6.02. The van der Waals surface area contributed by atoms with Crippen molar-refractivity contribution in [3.8, 4) is 0 Å². The molecule has 1 aliphatic rings. The number of hydrogen-bond donors (Lipinski definition) is 0. The van der Waals surface area contributed by atoms with Gasteiger partial charge in [0.15, 0.2) is 0 Å². The Hall–Kier alpha value is -0.860. The van der Waals surface area contributed by atoms with Crippen LogP contribution in [0.3, 0.4) is 0 Å². The lowest BCUT2D eigenvalue weighted by Crippen LogP contribution is -2.37. The second-order valence-corrected chi connectivity index (χ2v) is 3.85. The van der Waals surface area contributed by atoms with Gasteiger partial charge in [-0.15, -0.1) is 0 Å². The van der Waals surface area contributed by atoms with E-state index in [1.165, 1.54) is 4.90 Å². The summed E-state index contributed by atoms with van der Waals surface area (Å²) in [5, 5.41) is 0. The number of carbonyl (C=O) groups excluding carboxylic acids is 1. The van der Waals surface area contributed by atoms with Gasteiger partial charge in [-0.2, -0.15) is 0 Å². The van der Waals surface area contributed by atoms with E-state index in [0.29, 0.717) is 12.8 Å². The highest BCUT2D eigenvalue weighted by atomic mass is 19.1. The third-order valence-electron chi connectivity index (χ3n) is 2.49. The van der Waals surface area contributed by atoms with Crippen molar-refractivity contribution in [2.45, 2.75) is 25.4 Å². The van der Waals surface area contributed by atoms with Crippen molar-refractivity contribution < 1.29 is 9.18 Å². The Morgan fingerprint density at radius 1 is 1.62 bits per heavy atom. The maximum Gasteiger partial charge on any atom is 0.228 e. The quantitative estimate of drug-likeness (QED) is 0.570. The molecule has 1 aliphatic carbocycles. The maximum absolute atomic E-state index is 13.4. The lowest BCUT2D eigenvalue weighted by atomic mass is 9.84. The Balaban J connectivity index is 2.61. The summed E-state index contributed by atoms with van der Waals surface area (Å²) in [5.41, 5.74) is 0.926. The summed E-state index contributed by atoms with van der Waals surface area (Å²) in [6.07, 6.45) is 0.711. The van der Waals surface area contributed by atoms with Gasteiger partial charge in [0.1, 0.15) is 6.17 Å². The zero-order chi connectivity index (χ0) is 10.0. The second-order valence-electron chi connectivity index (χ2n) is 3.85. The number of hydrogen-bond acceptors (Lipinski definition) is 1. The van der Waals surface area contributed by atoms with Crippen molar-refractivity contribution in [1.82, 2.24) is 4.90 Å². The van der Waals surface area contributed by atoms with Crippen molar-refractivity contribution in [3.63, 3.8) is 0 Å². The Kier molecular flexibility index (Phi) is 3.07. The van der Waals surface area contributed by atoms with E-state index < -0.39 is 12.1 Å². The largest absolute Gasteiger partial charge is 0.348 e. The van der Waals surface area contributed by atoms with Gasteiger partial charge >= 0.3 is 0 Å². The van der Waals surface area contributed by atoms with Crippen LogP contribution in [0.25, 0.3) is 0 Å². The molecule has 13 heavy (non-hydrogen) atoms. The van der Waals surface area contributed by atoms with Crippen LogP contribution in [0.2, 0.25) is 0 Å². The second kappa shape index (κ2) is 3.90. The molecule has 0 N–H and O–H groups in total. The van der Waals surface area contributed by atoms with Crippen molar-refractivity contribution in [1.29, 1.82) is 0 Å². The first-order valence-corrected chi connectivity index (χ1v) is 4.54. The van der Waals surface area contributed by atoms with Gasteiger partial charge in [-0.05, 0) is 12.8 Å². The Labute approximate surface area is 78.4 Å². The van der Waals surface area contributed by atoms with E-state index in [2.05, 4.69) is 6.58 Å². The summed E-state index contributed by atoms with van der Waals surface area (Å²) < 4.78 is 13.4. The Morgan fingerprint density at radius 3 is 2.69 bits per heavy atom. The number of halogens is 1. The van der Waals surface area contributed by atoms with Crippen molar-refractivity contribution in [3.05, 3.63) is 12.2 Å². The first kappa shape index (κ1) is 10.2. The molecule has 1 fully saturated rings. The van der Waals surface area contributed by atoms with Crippen LogP contribution in [0.4, 0.5) is 4.39 Å². The topological polar surface area (TPSA) is 20.3 Å². The molecule has 3 heteroatoms. The molecule has 0 heterocycles. The molecule has 1 saturated carbocycles. The molecule has 2 nitrogen and oxygen atoms in total. The maximum atomic E-state index is 13.4. The molecule has 0 aromatic carbocycles. The van der Waals surface area contributed by atoms with Gasteiger partial charge in [0.25, 0.3) is 0 Å². The summed E-state index contributed by atoms with van der Waals surface area (Å²) in [6.45, 7) is 3.74. The molecule has 1 rings (SSSR count). The average molecular weight is 185 g/mol. The van der Waals surface area contributed by atoms with Crippen LogP contribution in [0.15, 0.2) is 12.2 Å². The highest BCUT2D eigenvalue weighted by Gasteiger charge is 2.32. The third-order valence-corrected chi connectivity index (χ3v) is 2.49. The SMILES string of the molecule is C=C1CCC(C(=O)N(C)C)C(F)C1. The molecule has 0 radical (unpaired) electrons. The van der Waals surface area contributed by atoms with E-state index in [4.69, 9.17) is 0 Å². The van der Waals surface area contributed by atoms with E-state index in [1.54, 1.807) is 14.1 Å². The molecule has 0 bridgehead atoms. The molecule has 0 spiro atoms. The van der Waals surface area contributed by atoms with E-state index in [9.17, 15) is 9.18 Å². The lowest BCUT2D eigenvalue weighted by molar-refractivity contribution is -0.135. The van der Waals surface area contributed by atoms with Gasteiger partial charge in [0, 0.05) is 20.5 Å². The van der Waals surface area contributed by atoms with E-state index in [1.807, 2.05) is 0 Å². The fraction of sp³-hybridized carbons (Fsp3) is 0.700. The van der Waals surface area contributed by atoms with E-state index >= 15 is 0 Å². The highest BCUT2D eigenvalue weighted by Crippen LogP contribution is 2.30. The molecule has 0 aromatic heterocycles. The molecule has 1 amide bonds. The molecule has 2 atom stereocenters. The number of rotatable bonds is 1. The first-order valence-electron chi connectivity index (χ1n) is 4.54. The lowest BCUT2D eigenvalue weighted by Gasteiger charge is -2.28. The molecular weight excluding hydrogens is 169 g/mol. The molecule has 0 aromatic rings. The molecular formula is C10H16FNO. The van der Waals surface area contributed by atoms with Crippen LogP contribution < -0.4 is 0 Å². The van der Waals surface area contributed by atoms with Gasteiger partial charge in [0.2, 0.25) is 5.91 Å². The van der Waals surface area contributed by atoms with E-state index in [-0.39, 0.29) is 5.91 Å². The summed E-state index contributed by atoms with van der Waals surface area (Å²) in [4.78, 5) is 12.9. The number of alkyl halides is 1. The van der Waals surface area contributed by atoms with Gasteiger partial charge in [-0.25, -0.2) is 4.39 Å². The van der Waals surface area contributed by atoms with E-state index in [0.717, 1.165) is 12.0 Å². The standard InChI is InChI=1S/C10H16FNO/c1-7-4-5-8(9(11)6-7)10(13)12(2)3/h8-9H,1,4-6H2,2-3H3. The number of carbonyl (C=O) groups is 1. The summed E-state index contributed by atoms with van der Waals surface area (Å²) >= 11 is 0. The van der Waals surface area contributed by atoms with Gasteiger partial charge in [-0.1, -0.05) is 12.2 Å². The molecule has 0 aliphatic heterocycles. The number of amides is 1. The predicted octanol–water partition coefficient (Wildman–Crippen LogP) is 1.77. The van der Waals surface area contributed by atoms with Gasteiger partial charge in [0.05, 0.1) is 5.92 Å². The van der Waals surface area contributed by atoms with Crippen molar-refractivity contribution in [2.75, 3.05) is 14.1 Å². The Bertz CT molecular complexity index is 225. The number of nitrogens with zero attached hydrogens (tertiary/aromatic N) is 1. The zero-order valence-corrected chi connectivity index (χ0v) is 8.22. The minimum Gasteiger partial charge on any atom is -0.348 e. The van der Waals surface area contributed by atoms with Gasteiger partial charge in [-0.3, -0.25) is 4.79 Å². The van der Waals surface area contributed by atoms with Crippen LogP contribution in [-0.2, 0) is 4.79 Å².